The molecule has 0 saturated carbocycles. The van der Waals surface area contributed by atoms with E-state index in [0.29, 0.717) is 18.2 Å². The molecule has 1 N–H and O–H groups in total. The summed E-state index contributed by atoms with van der Waals surface area (Å²) in [6, 6.07) is 0. The van der Waals surface area contributed by atoms with Crippen molar-refractivity contribution in [3.8, 4) is 0 Å². The summed E-state index contributed by atoms with van der Waals surface area (Å²) in [6.45, 7) is 5.37. The zero-order chi connectivity index (χ0) is 10.6. The molecule has 0 bridgehead atoms. The van der Waals surface area contributed by atoms with Crippen molar-refractivity contribution in [1.29, 1.82) is 0 Å². The van der Waals surface area contributed by atoms with Crippen molar-refractivity contribution >= 4 is 0 Å². The van der Waals surface area contributed by atoms with Gasteiger partial charge < -0.3 is 9.84 Å². The van der Waals surface area contributed by atoms with E-state index in [9.17, 15) is 0 Å². The Labute approximate surface area is 83.7 Å². The number of aromatic nitrogens is 3. The molecule has 80 valence electrons. The maximum atomic E-state index is 9.02. The van der Waals surface area contributed by atoms with Gasteiger partial charge in [-0.2, -0.15) is 0 Å². The monoisotopic (exact) mass is 199 g/mol. The molecule has 0 amide bonds. The Kier molecular flexibility index (Phi) is 4.03. The maximum Gasteiger partial charge on any atom is 0.114 e. The van der Waals surface area contributed by atoms with E-state index in [0.717, 1.165) is 12.2 Å². The van der Waals surface area contributed by atoms with Gasteiger partial charge in [0.15, 0.2) is 0 Å². The Bertz CT molecular complexity index is 284. The Morgan fingerprint density at radius 3 is 2.71 bits per heavy atom. The van der Waals surface area contributed by atoms with E-state index in [1.165, 1.54) is 0 Å². The molecule has 0 spiro atoms. The Hall–Kier alpha value is -0.940. The van der Waals surface area contributed by atoms with Crippen LogP contribution in [0.15, 0.2) is 0 Å². The van der Waals surface area contributed by atoms with Gasteiger partial charge in [-0.3, -0.25) is 0 Å². The Morgan fingerprint density at radius 1 is 1.50 bits per heavy atom. The lowest BCUT2D eigenvalue weighted by atomic mass is 10.2. The van der Waals surface area contributed by atoms with Crippen LogP contribution in [0.4, 0.5) is 0 Å². The molecule has 0 aliphatic carbocycles. The molecule has 5 heteroatoms. The predicted octanol–water partition coefficient (Wildman–Crippen LogP) is 0.573. The van der Waals surface area contributed by atoms with Crippen LogP contribution in [0.1, 0.15) is 25.2 Å². The lowest BCUT2D eigenvalue weighted by Crippen LogP contribution is -2.11. The van der Waals surface area contributed by atoms with Crippen LogP contribution in [0.3, 0.4) is 0 Å². The van der Waals surface area contributed by atoms with Crippen molar-refractivity contribution in [3.63, 3.8) is 0 Å². The minimum Gasteiger partial charge on any atom is -0.390 e. The molecule has 1 aromatic rings. The van der Waals surface area contributed by atoms with Crippen molar-refractivity contribution in [1.82, 2.24) is 15.0 Å². The number of rotatable bonds is 5. The highest BCUT2D eigenvalue weighted by Crippen LogP contribution is 2.09. The van der Waals surface area contributed by atoms with Crippen LogP contribution in [0, 0.1) is 5.92 Å². The first-order valence-electron chi connectivity index (χ1n) is 4.70. The van der Waals surface area contributed by atoms with Gasteiger partial charge >= 0.3 is 0 Å². The average molecular weight is 199 g/mol. The second-order valence-electron chi connectivity index (χ2n) is 3.65. The fourth-order valence-electron chi connectivity index (χ4n) is 1.28. The van der Waals surface area contributed by atoms with Gasteiger partial charge in [-0.05, 0) is 5.92 Å². The lowest BCUT2D eigenvalue weighted by molar-refractivity contribution is 0.172. The molecule has 14 heavy (non-hydrogen) atoms. The van der Waals surface area contributed by atoms with E-state index in [1.807, 2.05) is 0 Å². The van der Waals surface area contributed by atoms with Crippen LogP contribution >= 0.6 is 0 Å². The number of hydrogen-bond donors (Lipinski definition) is 1. The standard InChI is InChI=1S/C9H17N3O2/c1-7(2)4-12-9(6-14-3)8(5-13)10-11-12/h7,13H,4-6H2,1-3H3. The highest BCUT2D eigenvalue weighted by Gasteiger charge is 2.12. The summed E-state index contributed by atoms with van der Waals surface area (Å²) in [5.74, 6) is 0.499. The quantitative estimate of drug-likeness (QED) is 0.753. The van der Waals surface area contributed by atoms with Gasteiger partial charge in [0.2, 0.25) is 0 Å². The second kappa shape index (κ2) is 5.07. The molecule has 0 aromatic carbocycles. The van der Waals surface area contributed by atoms with Gasteiger partial charge in [0, 0.05) is 13.7 Å². The van der Waals surface area contributed by atoms with Crippen molar-refractivity contribution < 1.29 is 9.84 Å². The summed E-state index contributed by atoms with van der Waals surface area (Å²) >= 11 is 0. The number of hydrogen-bond acceptors (Lipinski definition) is 4. The maximum absolute atomic E-state index is 9.02. The van der Waals surface area contributed by atoms with Gasteiger partial charge in [-0.25, -0.2) is 4.68 Å². The topological polar surface area (TPSA) is 60.2 Å². The molecule has 0 radical (unpaired) electrons. The Morgan fingerprint density at radius 2 is 2.21 bits per heavy atom. The summed E-state index contributed by atoms with van der Waals surface area (Å²) in [5.41, 5.74) is 1.47. The first kappa shape index (κ1) is 11.1. The number of aliphatic hydroxyl groups is 1. The molecular formula is C9H17N3O2. The van der Waals surface area contributed by atoms with Gasteiger partial charge in [0.05, 0.1) is 18.9 Å². The minimum absolute atomic E-state index is 0.0865. The van der Waals surface area contributed by atoms with E-state index in [-0.39, 0.29) is 6.61 Å². The molecule has 0 aliphatic rings. The third-order valence-electron chi connectivity index (χ3n) is 1.89. The van der Waals surface area contributed by atoms with Crippen molar-refractivity contribution in [2.24, 2.45) is 5.92 Å². The normalized spacial score (nSPS) is 11.2. The van der Waals surface area contributed by atoms with Crippen LogP contribution in [-0.2, 0) is 24.5 Å². The average Bonchev–Trinajstić information content (AvgIpc) is 2.48. The fraction of sp³-hybridized carbons (Fsp3) is 0.778. The number of methoxy groups -OCH3 is 1. The zero-order valence-corrected chi connectivity index (χ0v) is 8.90. The molecule has 0 fully saturated rings. The SMILES string of the molecule is COCc1c(CO)nnn1CC(C)C. The van der Waals surface area contributed by atoms with Gasteiger partial charge in [-0.1, -0.05) is 19.1 Å². The van der Waals surface area contributed by atoms with E-state index in [4.69, 9.17) is 9.84 Å². The minimum atomic E-state index is -0.0865. The van der Waals surface area contributed by atoms with Crippen molar-refractivity contribution in [2.45, 2.75) is 33.6 Å². The summed E-state index contributed by atoms with van der Waals surface area (Å²) < 4.78 is 6.83. The van der Waals surface area contributed by atoms with Crippen LogP contribution in [-0.4, -0.2) is 27.2 Å². The molecule has 1 heterocycles. The van der Waals surface area contributed by atoms with Crippen LogP contribution in [0.5, 0.6) is 0 Å². The first-order chi connectivity index (χ1) is 6.69. The molecule has 0 atom stereocenters. The first-order valence-corrected chi connectivity index (χ1v) is 4.70. The number of ether oxygens (including phenoxy) is 1. The molecular weight excluding hydrogens is 182 g/mol. The van der Waals surface area contributed by atoms with Crippen LogP contribution in [0.25, 0.3) is 0 Å². The summed E-state index contributed by atoms with van der Waals surface area (Å²) in [6.07, 6.45) is 0. The van der Waals surface area contributed by atoms with E-state index >= 15 is 0 Å². The summed E-state index contributed by atoms with van der Waals surface area (Å²) in [5, 5.41) is 16.9. The molecule has 1 aromatic heterocycles. The van der Waals surface area contributed by atoms with E-state index < -0.39 is 0 Å². The molecule has 5 nitrogen and oxygen atoms in total. The van der Waals surface area contributed by atoms with Crippen molar-refractivity contribution in [2.75, 3.05) is 7.11 Å². The zero-order valence-electron chi connectivity index (χ0n) is 8.90. The molecule has 0 aliphatic heterocycles. The highest BCUT2D eigenvalue weighted by atomic mass is 16.5. The number of aliphatic hydroxyl groups excluding tert-OH is 1. The molecule has 1 rings (SSSR count). The predicted molar refractivity (Wildman–Crippen MR) is 51.5 cm³/mol. The van der Waals surface area contributed by atoms with Gasteiger partial charge in [0.25, 0.3) is 0 Å². The summed E-state index contributed by atoms with van der Waals surface area (Å²) in [4.78, 5) is 0. The largest absolute Gasteiger partial charge is 0.390 e. The smallest absolute Gasteiger partial charge is 0.114 e. The summed E-state index contributed by atoms with van der Waals surface area (Å²) in [7, 11) is 1.62. The second-order valence-corrected chi connectivity index (χ2v) is 3.65. The number of nitrogens with zero attached hydrogens (tertiary/aromatic N) is 3. The lowest BCUT2D eigenvalue weighted by Gasteiger charge is -2.08. The van der Waals surface area contributed by atoms with Gasteiger partial charge in [-0.15, -0.1) is 5.10 Å². The third-order valence-corrected chi connectivity index (χ3v) is 1.89. The molecule has 0 unspecified atom stereocenters. The Balaban J connectivity index is 2.86. The van der Waals surface area contributed by atoms with E-state index in [2.05, 4.69) is 24.2 Å². The van der Waals surface area contributed by atoms with Crippen LogP contribution in [0.2, 0.25) is 0 Å². The highest BCUT2D eigenvalue weighted by molar-refractivity contribution is 5.07. The van der Waals surface area contributed by atoms with Crippen LogP contribution < -0.4 is 0 Å². The van der Waals surface area contributed by atoms with Gasteiger partial charge in [0.1, 0.15) is 5.69 Å². The van der Waals surface area contributed by atoms with Crippen molar-refractivity contribution in [3.05, 3.63) is 11.4 Å². The van der Waals surface area contributed by atoms with E-state index in [1.54, 1.807) is 11.8 Å². The molecule has 0 saturated heterocycles. The third kappa shape index (κ3) is 2.52. The fourth-order valence-corrected chi connectivity index (χ4v) is 1.28.